The van der Waals surface area contributed by atoms with Crippen LogP contribution in [0.5, 0.6) is 0 Å². The first-order valence-electron chi connectivity index (χ1n) is 7.58. The molecule has 0 aromatic carbocycles. The molecule has 0 atom stereocenters. The molecule has 0 saturated heterocycles. The number of alkyl carbamates (subject to hydrolysis) is 1. The van der Waals surface area contributed by atoms with Gasteiger partial charge in [0.1, 0.15) is 5.60 Å². The van der Waals surface area contributed by atoms with Crippen LogP contribution >= 0.6 is 0 Å². The SMILES string of the molecule is CC1CCC(CC(C)(C)NC(=O)OC(C)(C)C)CC1. The Bertz CT molecular complexity index is 296. The summed E-state index contributed by atoms with van der Waals surface area (Å²) in [5, 5.41) is 3.01. The lowest BCUT2D eigenvalue weighted by atomic mass is 9.77. The molecule has 0 aromatic heterocycles. The van der Waals surface area contributed by atoms with Crippen LogP contribution < -0.4 is 5.32 Å². The Morgan fingerprint density at radius 2 is 1.63 bits per heavy atom. The number of hydrogen-bond acceptors (Lipinski definition) is 2. The highest BCUT2D eigenvalue weighted by Crippen LogP contribution is 2.33. The third-order valence-corrected chi connectivity index (χ3v) is 3.77. The number of hydrogen-bond donors (Lipinski definition) is 1. The van der Waals surface area contributed by atoms with Crippen molar-refractivity contribution in [2.75, 3.05) is 0 Å². The normalized spacial score (nSPS) is 24.9. The van der Waals surface area contributed by atoms with Gasteiger partial charge in [-0.2, -0.15) is 0 Å². The molecule has 1 aliphatic rings. The maximum atomic E-state index is 11.8. The smallest absolute Gasteiger partial charge is 0.408 e. The quantitative estimate of drug-likeness (QED) is 0.819. The zero-order valence-corrected chi connectivity index (χ0v) is 13.5. The zero-order chi connectivity index (χ0) is 14.7. The lowest BCUT2D eigenvalue weighted by Gasteiger charge is -2.34. The number of carbonyl (C=O) groups excluding carboxylic acids is 1. The van der Waals surface area contributed by atoms with E-state index in [0.717, 1.165) is 18.3 Å². The molecule has 1 N–H and O–H groups in total. The molecule has 0 aliphatic heterocycles. The molecule has 3 nitrogen and oxygen atoms in total. The first-order valence-corrected chi connectivity index (χ1v) is 7.58. The molecule has 112 valence electrons. The summed E-state index contributed by atoms with van der Waals surface area (Å²) in [6.45, 7) is 12.2. The predicted molar refractivity (Wildman–Crippen MR) is 79.2 cm³/mol. The van der Waals surface area contributed by atoms with Crippen LogP contribution in [0.4, 0.5) is 4.79 Å². The highest BCUT2D eigenvalue weighted by atomic mass is 16.6. The molecule has 0 spiro atoms. The van der Waals surface area contributed by atoms with E-state index in [-0.39, 0.29) is 11.6 Å². The fraction of sp³-hybridized carbons (Fsp3) is 0.938. The van der Waals surface area contributed by atoms with Gasteiger partial charge in [-0.05, 0) is 52.9 Å². The van der Waals surface area contributed by atoms with Crippen molar-refractivity contribution in [3.8, 4) is 0 Å². The van der Waals surface area contributed by atoms with Crippen LogP contribution in [0.15, 0.2) is 0 Å². The van der Waals surface area contributed by atoms with Gasteiger partial charge in [0.05, 0.1) is 0 Å². The predicted octanol–water partition coefficient (Wildman–Crippen LogP) is 4.51. The van der Waals surface area contributed by atoms with Crippen molar-refractivity contribution in [3.63, 3.8) is 0 Å². The van der Waals surface area contributed by atoms with E-state index in [2.05, 4.69) is 26.1 Å². The molecule has 1 amide bonds. The largest absolute Gasteiger partial charge is 0.444 e. The molecular formula is C16H31NO2. The van der Waals surface area contributed by atoms with Gasteiger partial charge in [-0.1, -0.05) is 32.6 Å². The van der Waals surface area contributed by atoms with E-state index in [1.165, 1.54) is 25.7 Å². The summed E-state index contributed by atoms with van der Waals surface area (Å²) in [6.07, 6.45) is 5.97. The molecule has 0 radical (unpaired) electrons. The van der Waals surface area contributed by atoms with Crippen molar-refractivity contribution in [1.82, 2.24) is 5.32 Å². The van der Waals surface area contributed by atoms with Gasteiger partial charge >= 0.3 is 6.09 Å². The Kier molecular flexibility index (Phi) is 5.28. The van der Waals surface area contributed by atoms with Crippen LogP contribution in [0.25, 0.3) is 0 Å². The van der Waals surface area contributed by atoms with Gasteiger partial charge < -0.3 is 10.1 Å². The van der Waals surface area contributed by atoms with Crippen LogP contribution in [0, 0.1) is 11.8 Å². The third kappa shape index (κ3) is 6.84. The van der Waals surface area contributed by atoms with Crippen LogP contribution in [0.2, 0.25) is 0 Å². The molecule has 19 heavy (non-hydrogen) atoms. The van der Waals surface area contributed by atoms with E-state index < -0.39 is 5.60 Å². The van der Waals surface area contributed by atoms with Gasteiger partial charge in [0, 0.05) is 5.54 Å². The molecule has 0 bridgehead atoms. The number of nitrogens with one attached hydrogen (secondary N) is 1. The highest BCUT2D eigenvalue weighted by molar-refractivity contribution is 5.68. The van der Waals surface area contributed by atoms with Crippen molar-refractivity contribution in [1.29, 1.82) is 0 Å². The fourth-order valence-corrected chi connectivity index (χ4v) is 2.89. The first kappa shape index (κ1) is 16.3. The van der Waals surface area contributed by atoms with Crippen molar-refractivity contribution in [3.05, 3.63) is 0 Å². The van der Waals surface area contributed by atoms with E-state index in [1.54, 1.807) is 0 Å². The number of carbonyl (C=O) groups is 1. The molecule has 1 aliphatic carbocycles. The first-order chi connectivity index (χ1) is 8.57. The molecule has 0 aromatic rings. The van der Waals surface area contributed by atoms with E-state index in [1.807, 2.05) is 20.8 Å². The minimum atomic E-state index is -0.430. The summed E-state index contributed by atoms with van der Waals surface area (Å²) in [6, 6.07) is 0. The van der Waals surface area contributed by atoms with Crippen LogP contribution in [-0.4, -0.2) is 17.2 Å². The summed E-state index contributed by atoms with van der Waals surface area (Å²) < 4.78 is 5.33. The summed E-state index contributed by atoms with van der Waals surface area (Å²) >= 11 is 0. The highest BCUT2D eigenvalue weighted by Gasteiger charge is 2.29. The lowest BCUT2D eigenvalue weighted by molar-refractivity contribution is 0.0453. The Hall–Kier alpha value is -0.730. The van der Waals surface area contributed by atoms with Gasteiger partial charge in [0.25, 0.3) is 0 Å². The van der Waals surface area contributed by atoms with Crippen molar-refractivity contribution in [2.24, 2.45) is 11.8 Å². The number of ether oxygens (including phenoxy) is 1. The Balaban J connectivity index is 2.40. The summed E-state index contributed by atoms with van der Waals surface area (Å²) in [7, 11) is 0. The standard InChI is InChI=1S/C16H31NO2/c1-12-7-9-13(10-8-12)11-16(5,6)17-14(18)19-15(2,3)4/h12-13H,7-11H2,1-6H3,(H,17,18). The minimum Gasteiger partial charge on any atom is -0.444 e. The van der Waals surface area contributed by atoms with Gasteiger partial charge in [-0.3, -0.25) is 0 Å². The second-order valence-corrected chi connectivity index (χ2v) is 7.84. The summed E-state index contributed by atoms with van der Waals surface area (Å²) in [4.78, 5) is 11.8. The van der Waals surface area contributed by atoms with Gasteiger partial charge in [-0.15, -0.1) is 0 Å². The monoisotopic (exact) mass is 269 g/mol. The van der Waals surface area contributed by atoms with Gasteiger partial charge in [0.15, 0.2) is 0 Å². The third-order valence-electron chi connectivity index (χ3n) is 3.77. The minimum absolute atomic E-state index is 0.187. The number of amides is 1. The van der Waals surface area contributed by atoms with E-state index in [9.17, 15) is 4.79 Å². The molecule has 1 saturated carbocycles. The number of rotatable bonds is 3. The maximum Gasteiger partial charge on any atom is 0.408 e. The fourth-order valence-electron chi connectivity index (χ4n) is 2.89. The van der Waals surface area contributed by atoms with Crippen molar-refractivity contribution in [2.45, 2.75) is 84.8 Å². The molecular weight excluding hydrogens is 238 g/mol. The Morgan fingerprint density at radius 1 is 1.11 bits per heavy atom. The van der Waals surface area contributed by atoms with Crippen LogP contribution in [-0.2, 0) is 4.74 Å². The summed E-state index contributed by atoms with van der Waals surface area (Å²) in [5.41, 5.74) is -0.617. The Morgan fingerprint density at radius 3 is 2.11 bits per heavy atom. The molecule has 0 unspecified atom stereocenters. The zero-order valence-electron chi connectivity index (χ0n) is 13.5. The topological polar surface area (TPSA) is 38.3 Å². The molecule has 0 heterocycles. The molecule has 1 rings (SSSR count). The average molecular weight is 269 g/mol. The Labute approximate surface area is 118 Å². The molecule has 3 heteroatoms. The van der Waals surface area contributed by atoms with Gasteiger partial charge in [0.2, 0.25) is 0 Å². The average Bonchev–Trinajstić information content (AvgIpc) is 2.17. The van der Waals surface area contributed by atoms with Gasteiger partial charge in [-0.25, -0.2) is 4.79 Å². The van der Waals surface area contributed by atoms with Crippen LogP contribution in [0.1, 0.15) is 73.6 Å². The lowest BCUT2D eigenvalue weighted by Crippen LogP contribution is -2.47. The van der Waals surface area contributed by atoms with Crippen molar-refractivity contribution >= 4 is 6.09 Å². The summed E-state index contributed by atoms with van der Waals surface area (Å²) in [5.74, 6) is 1.61. The molecule has 1 fully saturated rings. The maximum absolute atomic E-state index is 11.8. The van der Waals surface area contributed by atoms with E-state index in [0.29, 0.717) is 0 Å². The second kappa shape index (κ2) is 6.15. The van der Waals surface area contributed by atoms with E-state index >= 15 is 0 Å². The van der Waals surface area contributed by atoms with Crippen LogP contribution in [0.3, 0.4) is 0 Å². The second-order valence-electron chi connectivity index (χ2n) is 7.84. The van der Waals surface area contributed by atoms with E-state index in [4.69, 9.17) is 4.74 Å². The van der Waals surface area contributed by atoms with Crippen molar-refractivity contribution < 1.29 is 9.53 Å².